The predicted molar refractivity (Wildman–Crippen MR) is 87.0 cm³/mol. The van der Waals surface area contributed by atoms with Crippen LogP contribution in [-0.4, -0.2) is 29.0 Å². The van der Waals surface area contributed by atoms with Crippen molar-refractivity contribution in [3.05, 3.63) is 35.4 Å². The number of thioether (sulfide) groups is 1. The Morgan fingerprint density at radius 2 is 1.90 bits per heavy atom. The maximum atomic E-state index is 11.8. The smallest absolute Gasteiger partial charge is 0.223 e. The van der Waals surface area contributed by atoms with Crippen molar-refractivity contribution in [3.63, 3.8) is 0 Å². The van der Waals surface area contributed by atoms with Gasteiger partial charge in [-0.05, 0) is 31.7 Å². The second-order valence-electron chi connectivity index (χ2n) is 5.59. The lowest BCUT2D eigenvalue weighted by atomic mass is 10.0. The minimum Gasteiger partial charge on any atom is -0.333 e. The number of rotatable bonds is 7. The van der Waals surface area contributed by atoms with Gasteiger partial charge >= 0.3 is 0 Å². The van der Waals surface area contributed by atoms with E-state index < -0.39 is 0 Å². The van der Waals surface area contributed by atoms with Crippen molar-refractivity contribution in [3.8, 4) is 0 Å². The van der Waals surface area contributed by atoms with Gasteiger partial charge in [0.1, 0.15) is 0 Å². The Morgan fingerprint density at radius 3 is 2.60 bits per heavy atom. The molecular formula is C17H25NOS. The highest BCUT2D eigenvalue weighted by Gasteiger charge is 2.17. The van der Waals surface area contributed by atoms with E-state index in [0.29, 0.717) is 5.91 Å². The summed E-state index contributed by atoms with van der Waals surface area (Å²) in [4.78, 5) is 13.8. The van der Waals surface area contributed by atoms with Crippen molar-refractivity contribution in [2.45, 2.75) is 45.4 Å². The molecule has 1 aliphatic heterocycles. The fourth-order valence-electron chi connectivity index (χ4n) is 2.48. The molecule has 0 unspecified atom stereocenters. The molecule has 0 atom stereocenters. The standard InChI is InChI=1S/C17H25NOS/c1-15-8-10-16(11-9-15)6-4-2-3-5-7-17(19)18-12-13-20-14-18/h8-11H,2-7,12-14H2,1H3. The molecule has 0 saturated carbocycles. The molecule has 2 rings (SSSR count). The van der Waals surface area contributed by atoms with Crippen LogP contribution in [0, 0.1) is 6.92 Å². The summed E-state index contributed by atoms with van der Waals surface area (Å²) >= 11 is 1.86. The van der Waals surface area contributed by atoms with Gasteiger partial charge in [0.05, 0.1) is 5.88 Å². The third-order valence-corrected chi connectivity index (χ3v) is 4.80. The predicted octanol–water partition coefficient (Wildman–Crippen LogP) is 4.02. The summed E-state index contributed by atoms with van der Waals surface area (Å²) in [5.74, 6) is 2.38. The van der Waals surface area contributed by atoms with Crippen molar-refractivity contribution >= 4 is 17.7 Å². The average Bonchev–Trinajstić information content (AvgIpc) is 2.98. The van der Waals surface area contributed by atoms with Crippen molar-refractivity contribution in [1.29, 1.82) is 0 Å². The number of hydrogen-bond donors (Lipinski definition) is 0. The van der Waals surface area contributed by atoms with Crippen LogP contribution in [0.5, 0.6) is 0 Å². The number of aryl methyl sites for hydroxylation is 2. The minimum absolute atomic E-state index is 0.355. The van der Waals surface area contributed by atoms with E-state index in [9.17, 15) is 4.79 Å². The van der Waals surface area contributed by atoms with E-state index in [0.717, 1.165) is 37.4 Å². The minimum atomic E-state index is 0.355. The monoisotopic (exact) mass is 291 g/mol. The molecule has 110 valence electrons. The Morgan fingerprint density at radius 1 is 1.15 bits per heavy atom. The van der Waals surface area contributed by atoms with Crippen LogP contribution in [0.2, 0.25) is 0 Å². The highest BCUT2D eigenvalue weighted by Crippen LogP contribution is 2.16. The Labute approximate surface area is 126 Å². The van der Waals surface area contributed by atoms with Gasteiger partial charge in [-0.25, -0.2) is 0 Å². The number of benzene rings is 1. The second kappa shape index (κ2) is 8.35. The average molecular weight is 291 g/mol. The van der Waals surface area contributed by atoms with Gasteiger partial charge in [0, 0.05) is 18.7 Å². The molecule has 0 radical (unpaired) electrons. The molecule has 0 aromatic heterocycles. The van der Waals surface area contributed by atoms with E-state index in [4.69, 9.17) is 0 Å². The SMILES string of the molecule is Cc1ccc(CCCCCCC(=O)N2CCSC2)cc1. The summed E-state index contributed by atoms with van der Waals surface area (Å²) in [5.41, 5.74) is 2.76. The summed E-state index contributed by atoms with van der Waals surface area (Å²) < 4.78 is 0. The number of hydrogen-bond acceptors (Lipinski definition) is 2. The van der Waals surface area contributed by atoms with Crippen molar-refractivity contribution in [1.82, 2.24) is 4.90 Å². The van der Waals surface area contributed by atoms with Gasteiger partial charge in [-0.1, -0.05) is 42.7 Å². The Bertz CT molecular complexity index is 410. The van der Waals surface area contributed by atoms with Crippen molar-refractivity contribution < 1.29 is 4.79 Å². The first-order valence-corrected chi connectivity index (χ1v) is 8.82. The van der Waals surface area contributed by atoms with Crippen molar-refractivity contribution in [2.24, 2.45) is 0 Å². The lowest BCUT2D eigenvalue weighted by Gasteiger charge is -2.13. The molecule has 0 spiro atoms. The maximum absolute atomic E-state index is 11.8. The molecule has 0 aliphatic carbocycles. The van der Waals surface area contributed by atoms with Gasteiger partial charge in [0.25, 0.3) is 0 Å². The van der Waals surface area contributed by atoms with Crippen LogP contribution in [0.25, 0.3) is 0 Å². The first kappa shape index (κ1) is 15.4. The highest BCUT2D eigenvalue weighted by molar-refractivity contribution is 7.99. The summed E-state index contributed by atoms with van der Waals surface area (Å²) in [6.45, 7) is 3.08. The molecule has 1 fully saturated rings. The maximum Gasteiger partial charge on any atom is 0.223 e. The van der Waals surface area contributed by atoms with Crippen LogP contribution in [0.1, 0.15) is 43.2 Å². The number of amides is 1. The quantitative estimate of drug-likeness (QED) is 0.707. The third kappa shape index (κ3) is 5.20. The van der Waals surface area contributed by atoms with Gasteiger partial charge < -0.3 is 4.90 Å². The van der Waals surface area contributed by atoms with Crippen LogP contribution in [0.4, 0.5) is 0 Å². The highest BCUT2D eigenvalue weighted by atomic mass is 32.2. The number of nitrogens with zero attached hydrogens (tertiary/aromatic N) is 1. The van der Waals surface area contributed by atoms with Gasteiger partial charge in [0.15, 0.2) is 0 Å². The van der Waals surface area contributed by atoms with E-state index >= 15 is 0 Å². The number of unbranched alkanes of at least 4 members (excludes halogenated alkanes) is 3. The van der Waals surface area contributed by atoms with E-state index in [1.165, 1.54) is 30.4 Å². The number of carbonyl (C=O) groups excluding carboxylic acids is 1. The second-order valence-corrected chi connectivity index (χ2v) is 6.67. The molecule has 1 aromatic rings. The van der Waals surface area contributed by atoms with Gasteiger partial charge in [-0.2, -0.15) is 0 Å². The van der Waals surface area contributed by atoms with E-state index in [-0.39, 0.29) is 0 Å². The van der Waals surface area contributed by atoms with Gasteiger partial charge in [-0.15, -0.1) is 11.8 Å². The molecule has 2 nitrogen and oxygen atoms in total. The van der Waals surface area contributed by atoms with Crippen LogP contribution in [-0.2, 0) is 11.2 Å². The molecule has 1 amide bonds. The van der Waals surface area contributed by atoms with Gasteiger partial charge in [0.2, 0.25) is 5.91 Å². The fraction of sp³-hybridized carbons (Fsp3) is 0.588. The van der Waals surface area contributed by atoms with Crippen LogP contribution in [0.3, 0.4) is 0 Å². The van der Waals surface area contributed by atoms with Crippen molar-refractivity contribution in [2.75, 3.05) is 18.2 Å². The summed E-state index contributed by atoms with van der Waals surface area (Å²) in [6.07, 6.45) is 6.60. The lowest BCUT2D eigenvalue weighted by molar-refractivity contribution is -0.129. The van der Waals surface area contributed by atoms with Crippen LogP contribution < -0.4 is 0 Å². The summed E-state index contributed by atoms with van der Waals surface area (Å²) in [5, 5.41) is 0. The van der Waals surface area contributed by atoms with Crippen LogP contribution >= 0.6 is 11.8 Å². The molecule has 1 heterocycles. The van der Waals surface area contributed by atoms with E-state index in [1.807, 2.05) is 16.7 Å². The first-order valence-electron chi connectivity index (χ1n) is 7.67. The van der Waals surface area contributed by atoms with Crippen LogP contribution in [0.15, 0.2) is 24.3 Å². The van der Waals surface area contributed by atoms with Gasteiger partial charge in [-0.3, -0.25) is 4.79 Å². The molecule has 1 saturated heterocycles. The molecule has 0 N–H and O–H groups in total. The molecular weight excluding hydrogens is 266 g/mol. The van der Waals surface area contributed by atoms with E-state index in [2.05, 4.69) is 31.2 Å². The zero-order valence-electron chi connectivity index (χ0n) is 12.4. The normalized spacial score (nSPS) is 14.8. The topological polar surface area (TPSA) is 20.3 Å². The van der Waals surface area contributed by atoms with E-state index in [1.54, 1.807) is 0 Å². The Kier molecular flexibility index (Phi) is 6.44. The molecule has 3 heteroatoms. The summed E-state index contributed by atoms with van der Waals surface area (Å²) in [7, 11) is 0. The summed E-state index contributed by atoms with van der Waals surface area (Å²) in [6, 6.07) is 8.82. The number of carbonyl (C=O) groups is 1. The fourth-order valence-corrected chi connectivity index (χ4v) is 3.45. The Hall–Kier alpha value is -0.960. The molecule has 0 bridgehead atoms. The molecule has 20 heavy (non-hydrogen) atoms. The Balaban J connectivity index is 1.51. The first-order chi connectivity index (χ1) is 9.75. The zero-order chi connectivity index (χ0) is 14.2. The third-order valence-electron chi connectivity index (χ3n) is 3.83. The molecule has 1 aromatic carbocycles. The molecule has 1 aliphatic rings. The largest absolute Gasteiger partial charge is 0.333 e. The zero-order valence-corrected chi connectivity index (χ0v) is 13.3. The lowest BCUT2D eigenvalue weighted by Crippen LogP contribution is -2.27.